The summed E-state index contributed by atoms with van der Waals surface area (Å²) in [5, 5.41) is 11.9. The van der Waals surface area contributed by atoms with Crippen molar-refractivity contribution < 1.29 is 19.4 Å². The standard InChI is InChI=1S/C13H23NO4/c1-8(15)11(16)10(7-9-5-6-9)14-12(17)18-13(2,3)4/h8-10,15H,5-7H2,1-4H3,(H,14,17). The molecular weight excluding hydrogens is 234 g/mol. The van der Waals surface area contributed by atoms with Gasteiger partial charge in [-0.05, 0) is 40.0 Å². The second kappa shape index (κ2) is 5.69. The minimum absolute atomic E-state index is 0.354. The van der Waals surface area contributed by atoms with E-state index in [1.807, 2.05) is 0 Å². The van der Waals surface area contributed by atoms with E-state index in [2.05, 4.69) is 5.32 Å². The van der Waals surface area contributed by atoms with Gasteiger partial charge in [0.25, 0.3) is 0 Å². The minimum Gasteiger partial charge on any atom is -0.444 e. The van der Waals surface area contributed by atoms with Crippen molar-refractivity contribution >= 4 is 11.9 Å². The van der Waals surface area contributed by atoms with Gasteiger partial charge in [0.2, 0.25) is 0 Å². The highest BCUT2D eigenvalue weighted by molar-refractivity contribution is 5.90. The summed E-state index contributed by atoms with van der Waals surface area (Å²) in [5.41, 5.74) is -0.595. The third-order valence-electron chi connectivity index (χ3n) is 2.71. The van der Waals surface area contributed by atoms with Gasteiger partial charge in [0.1, 0.15) is 11.7 Å². The molecule has 0 heterocycles. The Morgan fingerprint density at radius 2 is 1.94 bits per heavy atom. The lowest BCUT2D eigenvalue weighted by atomic mass is 10.0. The Labute approximate surface area is 108 Å². The highest BCUT2D eigenvalue weighted by Gasteiger charge is 2.32. The number of ether oxygens (including phenoxy) is 1. The van der Waals surface area contributed by atoms with Crippen molar-refractivity contribution in [1.82, 2.24) is 5.32 Å². The summed E-state index contributed by atoms with van der Waals surface area (Å²) in [7, 11) is 0. The fraction of sp³-hybridized carbons (Fsp3) is 0.846. The first-order chi connectivity index (χ1) is 8.19. The molecule has 0 aromatic carbocycles. The Morgan fingerprint density at radius 3 is 2.33 bits per heavy atom. The normalized spacial score (nSPS) is 18.9. The van der Waals surface area contributed by atoms with Crippen LogP contribution in [0, 0.1) is 5.92 Å². The van der Waals surface area contributed by atoms with Crippen molar-refractivity contribution in [3.8, 4) is 0 Å². The van der Waals surface area contributed by atoms with Gasteiger partial charge in [-0.3, -0.25) is 4.79 Å². The van der Waals surface area contributed by atoms with Crippen molar-refractivity contribution in [2.75, 3.05) is 0 Å². The Kier molecular flexibility index (Phi) is 4.73. The average molecular weight is 257 g/mol. The molecule has 5 nitrogen and oxygen atoms in total. The SMILES string of the molecule is CC(O)C(=O)C(CC1CC1)NC(=O)OC(C)(C)C. The number of carbonyl (C=O) groups is 2. The Hall–Kier alpha value is -1.10. The van der Waals surface area contributed by atoms with E-state index in [-0.39, 0.29) is 5.78 Å². The second-order valence-electron chi connectivity index (χ2n) is 5.96. The molecule has 104 valence electrons. The van der Waals surface area contributed by atoms with Crippen molar-refractivity contribution in [1.29, 1.82) is 0 Å². The topological polar surface area (TPSA) is 75.6 Å². The number of hydrogen-bond acceptors (Lipinski definition) is 4. The van der Waals surface area contributed by atoms with E-state index in [4.69, 9.17) is 4.74 Å². The van der Waals surface area contributed by atoms with E-state index < -0.39 is 23.8 Å². The molecule has 0 aliphatic heterocycles. The van der Waals surface area contributed by atoms with E-state index in [1.54, 1.807) is 20.8 Å². The van der Waals surface area contributed by atoms with Gasteiger partial charge in [-0.1, -0.05) is 12.8 Å². The third-order valence-corrected chi connectivity index (χ3v) is 2.71. The van der Waals surface area contributed by atoms with Gasteiger partial charge in [0.15, 0.2) is 5.78 Å². The molecule has 5 heteroatoms. The number of rotatable bonds is 5. The van der Waals surface area contributed by atoms with E-state index in [0.29, 0.717) is 12.3 Å². The molecular formula is C13H23NO4. The van der Waals surface area contributed by atoms with Crippen LogP contribution in [0.4, 0.5) is 4.79 Å². The second-order valence-corrected chi connectivity index (χ2v) is 5.96. The van der Waals surface area contributed by atoms with Gasteiger partial charge in [-0.15, -0.1) is 0 Å². The van der Waals surface area contributed by atoms with Crippen molar-refractivity contribution in [2.24, 2.45) is 5.92 Å². The number of ketones is 1. The maximum atomic E-state index is 11.8. The molecule has 0 spiro atoms. The molecule has 0 aromatic heterocycles. The van der Waals surface area contributed by atoms with Crippen LogP contribution in [-0.2, 0) is 9.53 Å². The summed E-state index contributed by atoms with van der Waals surface area (Å²) in [4.78, 5) is 23.4. The molecule has 0 radical (unpaired) electrons. The van der Waals surface area contributed by atoms with Gasteiger partial charge >= 0.3 is 6.09 Å². The van der Waals surface area contributed by atoms with E-state index in [9.17, 15) is 14.7 Å². The Bertz CT molecular complexity index is 315. The summed E-state index contributed by atoms with van der Waals surface area (Å²) < 4.78 is 5.12. The molecule has 2 N–H and O–H groups in total. The van der Waals surface area contributed by atoms with Gasteiger partial charge in [-0.25, -0.2) is 4.79 Å². The molecule has 18 heavy (non-hydrogen) atoms. The number of alkyl carbamates (subject to hydrolysis) is 1. The summed E-state index contributed by atoms with van der Waals surface area (Å²) in [6, 6.07) is -0.646. The summed E-state index contributed by atoms with van der Waals surface area (Å²) in [6.07, 6.45) is 1.08. The maximum Gasteiger partial charge on any atom is 0.408 e. The number of carbonyl (C=O) groups excluding carboxylic acids is 2. The Balaban J connectivity index is 2.54. The van der Waals surface area contributed by atoms with Gasteiger partial charge < -0.3 is 15.2 Å². The van der Waals surface area contributed by atoms with Crippen LogP contribution in [0.5, 0.6) is 0 Å². The van der Waals surface area contributed by atoms with Crippen LogP contribution in [0.25, 0.3) is 0 Å². The van der Waals surface area contributed by atoms with Crippen LogP contribution in [-0.4, -0.2) is 34.7 Å². The van der Waals surface area contributed by atoms with Crippen LogP contribution in [0.15, 0.2) is 0 Å². The number of aliphatic hydroxyl groups excluding tert-OH is 1. The van der Waals surface area contributed by atoms with E-state index >= 15 is 0 Å². The zero-order valence-corrected chi connectivity index (χ0v) is 11.5. The number of Topliss-reactive ketones (excluding diaryl/α,β-unsaturated/α-hetero) is 1. The highest BCUT2D eigenvalue weighted by Crippen LogP contribution is 2.33. The minimum atomic E-state index is -1.07. The molecule has 1 rings (SSSR count). The molecule has 0 bridgehead atoms. The quantitative estimate of drug-likeness (QED) is 0.785. The molecule has 1 amide bonds. The average Bonchev–Trinajstić information content (AvgIpc) is 2.96. The summed E-state index contributed by atoms with van der Waals surface area (Å²) >= 11 is 0. The molecule has 1 aliphatic rings. The highest BCUT2D eigenvalue weighted by atomic mass is 16.6. The lowest BCUT2D eigenvalue weighted by molar-refractivity contribution is -0.128. The summed E-state index contributed by atoms with van der Waals surface area (Å²) in [6.45, 7) is 6.70. The van der Waals surface area contributed by atoms with E-state index in [1.165, 1.54) is 6.92 Å². The fourth-order valence-corrected chi connectivity index (χ4v) is 1.67. The van der Waals surface area contributed by atoms with Crippen LogP contribution in [0.2, 0.25) is 0 Å². The smallest absolute Gasteiger partial charge is 0.408 e. The Morgan fingerprint density at radius 1 is 1.39 bits per heavy atom. The molecule has 1 aliphatic carbocycles. The zero-order valence-electron chi connectivity index (χ0n) is 11.5. The number of nitrogens with one attached hydrogen (secondary N) is 1. The lowest BCUT2D eigenvalue weighted by Crippen LogP contribution is -2.46. The van der Waals surface area contributed by atoms with Crippen molar-refractivity contribution in [3.63, 3.8) is 0 Å². The number of amides is 1. The lowest BCUT2D eigenvalue weighted by Gasteiger charge is -2.23. The first kappa shape index (κ1) is 15.0. The summed E-state index contributed by atoms with van der Waals surface area (Å²) in [5.74, 6) is 0.125. The third kappa shape index (κ3) is 5.49. The zero-order chi connectivity index (χ0) is 13.9. The van der Waals surface area contributed by atoms with E-state index in [0.717, 1.165) is 12.8 Å². The number of aliphatic hydroxyl groups is 1. The van der Waals surface area contributed by atoms with Gasteiger partial charge in [-0.2, -0.15) is 0 Å². The van der Waals surface area contributed by atoms with Crippen molar-refractivity contribution in [3.05, 3.63) is 0 Å². The maximum absolute atomic E-state index is 11.8. The first-order valence-electron chi connectivity index (χ1n) is 6.40. The van der Waals surface area contributed by atoms with Crippen LogP contribution >= 0.6 is 0 Å². The van der Waals surface area contributed by atoms with Gasteiger partial charge in [0.05, 0.1) is 6.04 Å². The monoisotopic (exact) mass is 257 g/mol. The molecule has 0 saturated heterocycles. The molecule has 1 fully saturated rings. The fourth-order valence-electron chi connectivity index (χ4n) is 1.67. The molecule has 0 aromatic rings. The predicted octanol–water partition coefficient (Wildman–Crippen LogP) is 1.63. The van der Waals surface area contributed by atoms with Crippen LogP contribution < -0.4 is 5.32 Å². The molecule has 2 atom stereocenters. The predicted molar refractivity (Wildman–Crippen MR) is 67.2 cm³/mol. The first-order valence-corrected chi connectivity index (χ1v) is 6.40. The van der Waals surface area contributed by atoms with Crippen LogP contribution in [0.3, 0.4) is 0 Å². The molecule has 2 unspecified atom stereocenters. The van der Waals surface area contributed by atoms with Crippen molar-refractivity contribution in [2.45, 2.75) is 64.7 Å². The molecule has 1 saturated carbocycles. The van der Waals surface area contributed by atoms with Gasteiger partial charge in [0, 0.05) is 0 Å². The van der Waals surface area contributed by atoms with Crippen LogP contribution in [0.1, 0.15) is 47.0 Å². The largest absolute Gasteiger partial charge is 0.444 e. The number of hydrogen-bond donors (Lipinski definition) is 2.